The molecule has 3 rings (SSSR count). The van der Waals surface area contributed by atoms with Crippen LogP contribution < -0.4 is 5.32 Å². The summed E-state index contributed by atoms with van der Waals surface area (Å²) in [5.41, 5.74) is -0.762. The van der Waals surface area contributed by atoms with Crippen molar-refractivity contribution in [1.82, 2.24) is 19.7 Å². The maximum Gasteiger partial charge on any atom is 0.329 e. The molecule has 0 aliphatic heterocycles. The molecule has 0 aromatic carbocycles. The van der Waals surface area contributed by atoms with Crippen LogP contribution in [0, 0.1) is 0 Å². The van der Waals surface area contributed by atoms with Crippen molar-refractivity contribution >= 4 is 11.9 Å². The van der Waals surface area contributed by atoms with Gasteiger partial charge in [0.2, 0.25) is 0 Å². The fourth-order valence-electron chi connectivity index (χ4n) is 2.58. The Morgan fingerprint density at radius 3 is 2.52 bits per heavy atom. The summed E-state index contributed by atoms with van der Waals surface area (Å²) in [6.45, 7) is 0. The van der Waals surface area contributed by atoms with Gasteiger partial charge in [-0.25, -0.2) is 4.79 Å². The van der Waals surface area contributed by atoms with E-state index in [2.05, 4.69) is 10.4 Å². The molecule has 0 unspecified atom stereocenters. The Morgan fingerprint density at radius 1 is 1.33 bits per heavy atom. The van der Waals surface area contributed by atoms with Crippen LogP contribution in [-0.4, -0.2) is 36.9 Å². The highest BCUT2D eigenvalue weighted by Crippen LogP contribution is 2.32. The molecule has 2 heterocycles. The monoisotopic (exact) mass is 288 g/mol. The number of rotatable bonds is 4. The van der Waals surface area contributed by atoms with Gasteiger partial charge in [0.25, 0.3) is 5.91 Å². The average molecular weight is 288 g/mol. The van der Waals surface area contributed by atoms with Crippen LogP contribution >= 0.6 is 0 Å². The van der Waals surface area contributed by atoms with Gasteiger partial charge in [-0.3, -0.25) is 9.48 Å². The molecule has 0 bridgehead atoms. The lowest BCUT2D eigenvalue weighted by Crippen LogP contribution is -2.59. The normalized spacial score (nSPS) is 16.2. The molecule has 2 aromatic rings. The molecule has 0 saturated heterocycles. The number of amides is 1. The number of carboxylic acids is 1. The smallest absolute Gasteiger partial charge is 0.329 e. The van der Waals surface area contributed by atoms with Crippen LogP contribution in [0.25, 0.3) is 5.82 Å². The van der Waals surface area contributed by atoms with Gasteiger partial charge in [-0.1, -0.05) is 0 Å². The second-order valence-electron chi connectivity index (χ2n) is 5.29. The van der Waals surface area contributed by atoms with Crippen molar-refractivity contribution in [3.8, 4) is 5.82 Å². The molecule has 1 fully saturated rings. The third-order valence-electron chi connectivity index (χ3n) is 3.97. The number of carboxylic acid groups (broad SMARTS) is 1. The van der Waals surface area contributed by atoms with Crippen LogP contribution in [-0.2, 0) is 11.8 Å². The van der Waals surface area contributed by atoms with Gasteiger partial charge in [-0.15, -0.1) is 0 Å². The van der Waals surface area contributed by atoms with E-state index < -0.39 is 17.4 Å². The van der Waals surface area contributed by atoms with E-state index in [0.717, 1.165) is 6.42 Å². The van der Waals surface area contributed by atoms with Crippen molar-refractivity contribution in [2.45, 2.75) is 24.8 Å². The zero-order valence-electron chi connectivity index (χ0n) is 11.6. The molecule has 0 atom stereocenters. The van der Waals surface area contributed by atoms with Crippen molar-refractivity contribution in [1.29, 1.82) is 0 Å². The van der Waals surface area contributed by atoms with Gasteiger partial charge in [0.15, 0.2) is 0 Å². The quantitative estimate of drug-likeness (QED) is 0.876. The molecule has 21 heavy (non-hydrogen) atoms. The summed E-state index contributed by atoms with van der Waals surface area (Å²) >= 11 is 0. The molecule has 110 valence electrons. The van der Waals surface area contributed by atoms with Crippen LogP contribution in [0.2, 0.25) is 0 Å². The van der Waals surface area contributed by atoms with Crippen molar-refractivity contribution in [2.24, 2.45) is 7.05 Å². The number of nitrogens with one attached hydrogen (secondary N) is 1. The first kappa shape index (κ1) is 13.4. The zero-order valence-corrected chi connectivity index (χ0v) is 11.6. The van der Waals surface area contributed by atoms with Gasteiger partial charge >= 0.3 is 5.97 Å². The highest BCUT2D eigenvalue weighted by molar-refractivity contribution is 6.00. The molecule has 1 amide bonds. The average Bonchev–Trinajstić information content (AvgIpc) is 3.01. The Balaban J connectivity index is 1.91. The number of aromatic nitrogens is 3. The van der Waals surface area contributed by atoms with Crippen LogP contribution in [0.3, 0.4) is 0 Å². The molecule has 0 spiro atoms. The van der Waals surface area contributed by atoms with Gasteiger partial charge in [0.05, 0.1) is 6.20 Å². The SMILES string of the molecule is Cn1ncc(C(=O)NC2(C(=O)O)CCC2)c1-n1cccc1. The summed E-state index contributed by atoms with van der Waals surface area (Å²) in [6.07, 6.45) is 6.82. The topological polar surface area (TPSA) is 89.2 Å². The van der Waals surface area contributed by atoms with Gasteiger partial charge in [0, 0.05) is 19.4 Å². The van der Waals surface area contributed by atoms with E-state index >= 15 is 0 Å². The number of carbonyl (C=O) groups is 2. The van der Waals surface area contributed by atoms with E-state index in [9.17, 15) is 14.7 Å². The van der Waals surface area contributed by atoms with E-state index in [4.69, 9.17) is 0 Å². The zero-order chi connectivity index (χ0) is 15.0. The minimum Gasteiger partial charge on any atom is -0.480 e. The van der Waals surface area contributed by atoms with Crippen molar-refractivity contribution in [2.75, 3.05) is 0 Å². The maximum absolute atomic E-state index is 12.4. The van der Waals surface area contributed by atoms with Crippen molar-refractivity contribution in [3.05, 3.63) is 36.3 Å². The minimum atomic E-state index is -1.12. The van der Waals surface area contributed by atoms with Gasteiger partial charge in [0.1, 0.15) is 16.9 Å². The third kappa shape index (κ3) is 2.10. The first-order valence-corrected chi connectivity index (χ1v) is 6.75. The maximum atomic E-state index is 12.4. The van der Waals surface area contributed by atoms with Gasteiger partial charge in [-0.2, -0.15) is 5.10 Å². The number of aryl methyl sites for hydroxylation is 1. The molecule has 7 nitrogen and oxygen atoms in total. The van der Waals surface area contributed by atoms with Crippen LogP contribution in [0.5, 0.6) is 0 Å². The predicted molar refractivity (Wildman–Crippen MR) is 74.2 cm³/mol. The molecule has 1 aliphatic carbocycles. The molecule has 1 aliphatic rings. The van der Waals surface area contributed by atoms with Crippen LogP contribution in [0.15, 0.2) is 30.7 Å². The summed E-state index contributed by atoms with van der Waals surface area (Å²) < 4.78 is 3.36. The highest BCUT2D eigenvalue weighted by Gasteiger charge is 2.46. The van der Waals surface area contributed by atoms with Crippen molar-refractivity contribution in [3.63, 3.8) is 0 Å². The lowest BCUT2D eigenvalue weighted by molar-refractivity contribution is -0.148. The van der Waals surface area contributed by atoms with E-state index in [1.807, 2.05) is 24.5 Å². The first-order chi connectivity index (χ1) is 10.0. The van der Waals surface area contributed by atoms with Crippen LogP contribution in [0.1, 0.15) is 29.6 Å². The van der Waals surface area contributed by atoms with E-state index in [1.54, 1.807) is 16.3 Å². The Kier molecular flexibility index (Phi) is 3.04. The van der Waals surface area contributed by atoms with Gasteiger partial charge in [-0.05, 0) is 31.4 Å². The Bertz CT molecular complexity index is 683. The number of nitrogens with zero attached hydrogens (tertiary/aromatic N) is 3. The molecule has 2 N–H and O–H groups in total. The first-order valence-electron chi connectivity index (χ1n) is 6.75. The number of aliphatic carboxylic acids is 1. The fourth-order valence-corrected chi connectivity index (χ4v) is 2.58. The largest absolute Gasteiger partial charge is 0.480 e. The molecule has 2 aromatic heterocycles. The summed E-state index contributed by atoms with van der Waals surface area (Å²) in [7, 11) is 1.74. The molecule has 7 heteroatoms. The van der Waals surface area contributed by atoms with E-state index in [1.165, 1.54) is 6.20 Å². The minimum absolute atomic E-state index is 0.362. The van der Waals surface area contributed by atoms with E-state index in [-0.39, 0.29) is 0 Å². The third-order valence-corrected chi connectivity index (χ3v) is 3.97. The summed E-state index contributed by atoms with van der Waals surface area (Å²) in [4.78, 5) is 23.8. The number of carbonyl (C=O) groups excluding carboxylic acids is 1. The second kappa shape index (κ2) is 4.76. The van der Waals surface area contributed by atoms with Crippen LogP contribution in [0.4, 0.5) is 0 Å². The summed E-state index contributed by atoms with van der Waals surface area (Å²) in [5.74, 6) is -0.778. The molecular weight excluding hydrogens is 272 g/mol. The highest BCUT2D eigenvalue weighted by atomic mass is 16.4. The van der Waals surface area contributed by atoms with E-state index in [0.29, 0.717) is 24.2 Å². The standard InChI is InChI=1S/C14H16N4O3/c1-17-12(18-7-2-3-8-18)10(9-15-17)11(19)16-14(13(20)21)5-4-6-14/h2-3,7-9H,4-6H2,1H3,(H,16,19)(H,20,21). The molecular formula is C14H16N4O3. The molecule has 1 saturated carbocycles. The second-order valence-corrected chi connectivity index (χ2v) is 5.29. The number of hydrogen-bond donors (Lipinski definition) is 2. The van der Waals surface area contributed by atoms with Crippen molar-refractivity contribution < 1.29 is 14.7 Å². The summed E-state index contributed by atoms with van der Waals surface area (Å²) in [5, 5.41) is 16.1. The Hall–Kier alpha value is -2.57. The lowest BCUT2D eigenvalue weighted by atomic mass is 9.76. The summed E-state index contributed by atoms with van der Waals surface area (Å²) in [6, 6.07) is 3.69. The van der Waals surface area contributed by atoms with Gasteiger partial charge < -0.3 is 15.0 Å². The number of hydrogen-bond acceptors (Lipinski definition) is 3. The molecule has 0 radical (unpaired) electrons. The Labute approximate surface area is 121 Å². The lowest BCUT2D eigenvalue weighted by Gasteiger charge is -2.38. The Morgan fingerprint density at radius 2 is 2.00 bits per heavy atom. The fraction of sp³-hybridized carbons (Fsp3) is 0.357. The predicted octanol–water partition coefficient (Wildman–Crippen LogP) is 0.948.